The van der Waals surface area contributed by atoms with Gasteiger partial charge in [0.05, 0.1) is 12.8 Å². The molecule has 0 radical (unpaired) electrons. The molecule has 30 heavy (non-hydrogen) atoms. The van der Waals surface area contributed by atoms with Crippen molar-refractivity contribution in [3.63, 3.8) is 0 Å². The van der Waals surface area contributed by atoms with Crippen molar-refractivity contribution in [2.75, 3.05) is 0 Å². The third-order valence-electron chi connectivity index (χ3n) is 4.38. The number of hydrogen-bond donors (Lipinski definition) is 1. The van der Waals surface area contributed by atoms with Gasteiger partial charge in [-0.15, -0.1) is 0 Å². The fourth-order valence-corrected chi connectivity index (χ4v) is 3.33. The van der Waals surface area contributed by atoms with Crippen LogP contribution in [0.4, 0.5) is 4.39 Å². The van der Waals surface area contributed by atoms with E-state index in [2.05, 4.69) is 14.7 Å². The van der Waals surface area contributed by atoms with Gasteiger partial charge < -0.3 is 14.5 Å². The average Bonchev–Trinajstić information content (AvgIpc) is 3.42. The minimum absolute atomic E-state index is 0.231. The summed E-state index contributed by atoms with van der Waals surface area (Å²) in [6.45, 7) is 2.19. The van der Waals surface area contributed by atoms with Gasteiger partial charge in [-0.1, -0.05) is 18.2 Å². The zero-order chi connectivity index (χ0) is 20.9. The van der Waals surface area contributed by atoms with Crippen LogP contribution in [0.1, 0.15) is 33.1 Å². The van der Waals surface area contributed by atoms with Crippen molar-refractivity contribution in [2.24, 2.45) is 0 Å². The zero-order valence-electron chi connectivity index (χ0n) is 16.1. The number of furan rings is 1. The molecule has 0 atom stereocenters. The van der Waals surface area contributed by atoms with Gasteiger partial charge >= 0.3 is 0 Å². The average molecular weight is 423 g/mol. The molecule has 2 aromatic heterocycles. The molecule has 0 unspecified atom stereocenters. The number of nitrogens with one attached hydrogen (secondary N) is 1. The molecule has 0 saturated heterocycles. The fourth-order valence-electron chi connectivity index (χ4n) is 2.76. The maximum absolute atomic E-state index is 13.0. The van der Waals surface area contributed by atoms with Crippen LogP contribution in [0.25, 0.3) is 0 Å². The van der Waals surface area contributed by atoms with Gasteiger partial charge in [0.2, 0.25) is 0 Å². The van der Waals surface area contributed by atoms with E-state index in [1.54, 1.807) is 42.7 Å². The van der Waals surface area contributed by atoms with Crippen LogP contribution in [-0.4, -0.2) is 15.3 Å². The van der Waals surface area contributed by atoms with Gasteiger partial charge in [0, 0.05) is 23.5 Å². The molecule has 0 aliphatic rings. The molecule has 152 valence electrons. The van der Waals surface area contributed by atoms with Gasteiger partial charge in [-0.3, -0.25) is 4.79 Å². The summed E-state index contributed by atoms with van der Waals surface area (Å²) in [6.07, 6.45) is 2.04. The number of amides is 1. The SMILES string of the molecule is Cc1ccc(C(=O)NCc2ccco2)cc1Oc1nc(Cc2ccc(F)cc2)ns1. The van der Waals surface area contributed by atoms with Crippen LogP contribution in [0.3, 0.4) is 0 Å². The van der Waals surface area contributed by atoms with Crippen LogP contribution in [0.15, 0.2) is 65.3 Å². The smallest absolute Gasteiger partial charge is 0.298 e. The second-order valence-corrected chi connectivity index (χ2v) is 7.34. The van der Waals surface area contributed by atoms with Gasteiger partial charge in [-0.05, 0) is 54.4 Å². The monoisotopic (exact) mass is 423 g/mol. The predicted molar refractivity (Wildman–Crippen MR) is 110 cm³/mol. The van der Waals surface area contributed by atoms with Gasteiger partial charge in [0.1, 0.15) is 17.3 Å². The molecule has 1 amide bonds. The van der Waals surface area contributed by atoms with Crippen LogP contribution in [0, 0.1) is 12.7 Å². The first-order chi connectivity index (χ1) is 14.6. The summed E-state index contributed by atoms with van der Waals surface area (Å²) in [5.74, 6) is 1.29. The Balaban J connectivity index is 1.42. The summed E-state index contributed by atoms with van der Waals surface area (Å²) in [6, 6.07) is 15.0. The molecule has 0 saturated carbocycles. The van der Waals surface area contributed by atoms with E-state index in [9.17, 15) is 9.18 Å². The molecule has 8 heteroatoms. The van der Waals surface area contributed by atoms with E-state index in [0.29, 0.717) is 41.1 Å². The molecule has 2 aromatic carbocycles. The summed E-state index contributed by atoms with van der Waals surface area (Å²) in [4.78, 5) is 16.8. The first-order valence-electron chi connectivity index (χ1n) is 9.23. The second kappa shape index (κ2) is 8.87. The van der Waals surface area contributed by atoms with E-state index >= 15 is 0 Å². The van der Waals surface area contributed by atoms with Crippen LogP contribution in [0.5, 0.6) is 10.9 Å². The molecule has 0 fully saturated rings. The highest BCUT2D eigenvalue weighted by atomic mass is 32.1. The normalized spacial score (nSPS) is 10.7. The highest BCUT2D eigenvalue weighted by molar-refractivity contribution is 7.07. The van der Waals surface area contributed by atoms with Gasteiger partial charge in [0.15, 0.2) is 5.82 Å². The lowest BCUT2D eigenvalue weighted by Gasteiger charge is -2.08. The lowest BCUT2D eigenvalue weighted by atomic mass is 10.1. The van der Waals surface area contributed by atoms with Crippen molar-refractivity contribution in [3.05, 3.63) is 95.0 Å². The second-order valence-electron chi connectivity index (χ2n) is 6.62. The Labute approximate surface area is 176 Å². The number of aryl methyl sites for hydroxylation is 1. The molecular formula is C22H18FN3O3S. The van der Waals surface area contributed by atoms with E-state index in [1.165, 1.54) is 12.1 Å². The van der Waals surface area contributed by atoms with Crippen molar-refractivity contribution >= 4 is 17.4 Å². The summed E-state index contributed by atoms with van der Waals surface area (Å²) in [7, 11) is 0. The van der Waals surface area contributed by atoms with Crippen LogP contribution in [0.2, 0.25) is 0 Å². The maximum Gasteiger partial charge on any atom is 0.298 e. The number of carbonyl (C=O) groups is 1. The first kappa shape index (κ1) is 19.8. The number of ether oxygens (including phenoxy) is 1. The number of hydrogen-bond acceptors (Lipinski definition) is 6. The van der Waals surface area contributed by atoms with Gasteiger partial charge in [-0.2, -0.15) is 9.36 Å². The van der Waals surface area contributed by atoms with Crippen molar-refractivity contribution in [1.82, 2.24) is 14.7 Å². The molecule has 0 bridgehead atoms. The largest absolute Gasteiger partial charge is 0.467 e. The van der Waals surface area contributed by atoms with Gasteiger partial charge in [-0.25, -0.2) is 4.39 Å². The van der Waals surface area contributed by atoms with E-state index in [-0.39, 0.29) is 11.7 Å². The number of benzene rings is 2. The van der Waals surface area contributed by atoms with Crippen molar-refractivity contribution < 1.29 is 18.3 Å². The van der Waals surface area contributed by atoms with Crippen molar-refractivity contribution in [3.8, 4) is 10.9 Å². The number of aromatic nitrogens is 2. The maximum atomic E-state index is 13.0. The molecule has 1 N–H and O–H groups in total. The Morgan fingerprint density at radius 2 is 2.03 bits per heavy atom. The molecule has 4 rings (SSSR count). The molecule has 0 spiro atoms. The topological polar surface area (TPSA) is 77.2 Å². The van der Waals surface area contributed by atoms with Crippen molar-refractivity contribution in [1.29, 1.82) is 0 Å². The fraction of sp³-hybridized carbons (Fsp3) is 0.136. The standard InChI is InChI=1S/C22H18FN3O3S/c1-14-4-7-16(21(27)24-13-18-3-2-10-28-18)12-19(14)29-22-25-20(26-30-22)11-15-5-8-17(23)9-6-15/h2-10,12H,11,13H2,1H3,(H,24,27). The minimum atomic E-state index is -0.280. The van der Waals surface area contributed by atoms with Gasteiger partial charge in [0.25, 0.3) is 11.1 Å². The third-order valence-corrected chi connectivity index (χ3v) is 5.01. The Morgan fingerprint density at radius 3 is 2.80 bits per heavy atom. The molecular weight excluding hydrogens is 405 g/mol. The summed E-state index contributed by atoms with van der Waals surface area (Å²) < 4.78 is 28.4. The highest BCUT2D eigenvalue weighted by Crippen LogP contribution is 2.28. The Hall–Kier alpha value is -3.52. The van der Waals surface area contributed by atoms with E-state index in [0.717, 1.165) is 22.7 Å². The summed E-state index contributed by atoms with van der Waals surface area (Å²) >= 11 is 1.13. The first-order valence-corrected chi connectivity index (χ1v) is 10.0. The summed E-state index contributed by atoms with van der Waals surface area (Å²) in [5, 5.41) is 3.19. The molecule has 0 aliphatic heterocycles. The Bertz CT molecular complexity index is 1140. The number of rotatable bonds is 7. The Kier molecular flexibility index (Phi) is 5.85. The summed E-state index contributed by atoms with van der Waals surface area (Å²) in [5.41, 5.74) is 2.25. The zero-order valence-corrected chi connectivity index (χ0v) is 16.9. The van der Waals surface area contributed by atoms with Crippen molar-refractivity contribution in [2.45, 2.75) is 19.9 Å². The quantitative estimate of drug-likeness (QED) is 0.458. The lowest BCUT2D eigenvalue weighted by molar-refractivity contribution is 0.0947. The predicted octanol–water partition coefficient (Wildman–Crippen LogP) is 4.89. The molecule has 6 nitrogen and oxygen atoms in total. The highest BCUT2D eigenvalue weighted by Gasteiger charge is 2.13. The molecule has 4 aromatic rings. The molecule has 0 aliphatic carbocycles. The van der Waals surface area contributed by atoms with E-state index in [1.807, 2.05) is 13.0 Å². The van der Waals surface area contributed by atoms with Crippen LogP contribution < -0.4 is 10.1 Å². The minimum Gasteiger partial charge on any atom is -0.467 e. The van der Waals surface area contributed by atoms with E-state index in [4.69, 9.17) is 9.15 Å². The number of carbonyl (C=O) groups excluding carboxylic acids is 1. The van der Waals surface area contributed by atoms with Crippen LogP contribution in [-0.2, 0) is 13.0 Å². The van der Waals surface area contributed by atoms with Crippen LogP contribution >= 0.6 is 11.5 Å². The lowest BCUT2D eigenvalue weighted by Crippen LogP contribution is -2.22. The number of halogens is 1. The third kappa shape index (κ3) is 4.90. The Morgan fingerprint density at radius 1 is 1.20 bits per heavy atom. The van der Waals surface area contributed by atoms with E-state index < -0.39 is 0 Å². The molecule has 2 heterocycles. The number of nitrogens with zero attached hydrogens (tertiary/aromatic N) is 2.